The largest absolute Gasteiger partial charge is 0.497 e. The number of benzene rings is 2. The van der Waals surface area contributed by atoms with E-state index in [1.54, 1.807) is 7.11 Å². The number of amides is 1. The number of ether oxygens (including phenoxy) is 3. The Hall–Kier alpha value is -3.09. The van der Waals surface area contributed by atoms with Crippen LogP contribution < -0.4 is 14.8 Å². The molecule has 2 aromatic carbocycles. The number of hydrogen-bond acceptors (Lipinski definition) is 5. The van der Waals surface area contributed by atoms with Gasteiger partial charge in [0.25, 0.3) is 5.91 Å². The second-order valence-corrected chi connectivity index (χ2v) is 5.78. The summed E-state index contributed by atoms with van der Waals surface area (Å²) in [5.41, 5.74) is 0.959. The Kier molecular flexibility index (Phi) is 7.16. The molecule has 144 valence electrons. The Labute approximate surface area is 157 Å². The Morgan fingerprint density at radius 1 is 1.07 bits per heavy atom. The van der Waals surface area contributed by atoms with E-state index in [9.17, 15) is 14.0 Å². The van der Waals surface area contributed by atoms with Crippen LogP contribution in [0.15, 0.2) is 42.5 Å². The van der Waals surface area contributed by atoms with Crippen LogP contribution in [0.1, 0.15) is 22.8 Å². The van der Waals surface area contributed by atoms with Gasteiger partial charge in [0.2, 0.25) is 0 Å². The van der Waals surface area contributed by atoms with Gasteiger partial charge >= 0.3 is 5.97 Å². The van der Waals surface area contributed by atoms with E-state index >= 15 is 0 Å². The zero-order valence-corrected chi connectivity index (χ0v) is 15.5. The molecule has 0 aliphatic heterocycles. The third kappa shape index (κ3) is 5.70. The lowest BCUT2D eigenvalue weighted by molar-refractivity contribution is -0.129. The molecule has 1 amide bonds. The number of esters is 1. The van der Waals surface area contributed by atoms with Crippen molar-refractivity contribution in [2.24, 2.45) is 0 Å². The highest BCUT2D eigenvalue weighted by Gasteiger charge is 2.21. The minimum Gasteiger partial charge on any atom is -0.497 e. The maximum Gasteiger partial charge on any atom is 0.342 e. The Morgan fingerprint density at radius 2 is 1.78 bits per heavy atom. The lowest BCUT2D eigenvalue weighted by atomic mass is 10.1. The van der Waals surface area contributed by atoms with Crippen molar-refractivity contribution in [2.45, 2.75) is 19.4 Å². The first-order valence-electron chi connectivity index (χ1n) is 8.39. The van der Waals surface area contributed by atoms with Gasteiger partial charge in [-0.05, 0) is 49.2 Å². The van der Waals surface area contributed by atoms with Gasteiger partial charge in [-0.3, -0.25) is 4.79 Å². The van der Waals surface area contributed by atoms with Crippen LogP contribution in [-0.4, -0.2) is 38.7 Å². The first-order valence-corrected chi connectivity index (χ1v) is 8.39. The Morgan fingerprint density at radius 3 is 2.41 bits per heavy atom. The lowest BCUT2D eigenvalue weighted by Crippen LogP contribution is -2.37. The summed E-state index contributed by atoms with van der Waals surface area (Å²) in [6.07, 6.45) is -0.407. The quantitative estimate of drug-likeness (QED) is 0.718. The van der Waals surface area contributed by atoms with E-state index in [1.165, 1.54) is 26.2 Å². The predicted octanol–water partition coefficient (Wildman–Crippen LogP) is 2.75. The van der Waals surface area contributed by atoms with E-state index < -0.39 is 23.8 Å². The molecule has 0 heterocycles. The number of halogens is 1. The van der Waals surface area contributed by atoms with Gasteiger partial charge < -0.3 is 19.5 Å². The van der Waals surface area contributed by atoms with Gasteiger partial charge in [-0.25, -0.2) is 9.18 Å². The van der Waals surface area contributed by atoms with Crippen LogP contribution >= 0.6 is 0 Å². The van der Waals surface area contributed by atoms with Gasteiger partial charge in [-0.15, -0.1) is 0 Å². The van der Waals surface area contributed by atoms with Crippen LogP contribution in [0.5, 0.6) is 11.5 Å². The summed E-state index contributed by atoms with van der Waals surface area (Å²) in [6.45, 7) is 1.84. The normalized spacial score (nSPS) is 11.4. The number of nitrogens with one attached hydrogen (secondary N) is 1. The molecule has 0 spiro atoms. The molecule has 2 rings (SSSR count). The molecule has 6 nitrogen and oxygen atoms in total. The molecule has 0 radical (unpaired) electrons. The van der Waals surface area contributed by atoms with E-state index in [4.69, 9.17) is 14.2 Å². The minimum absolute atomic E-state index is 0.0737. The summed E-state index contributed by atoms with van der Waals surface area (Å²) in [5.74, 6) is -0.930. The fourth-order valence-corrected chi connectivity index (χ4v) is 2.38. The van der Waals surface area contributed by atoms with Crippen molar-refractivity contribution in [2.75, 3.05) is 20.8 Å². The first kappa shape index (κ1) is 20.2. The minimum atomic E-state index is -1.03. The molecule has 27 heavy (non-hydrogen) atoms. The molecule has 0 aliphatic carbocycles. The lowest BCUT2D eigenvalue weighted by Gasteiger charge is -2.15. The van der Waals surface area contributed by atoms with Gasteiger partial charge in [0.15, 0.2) is 6.10 Å². The molecule has 0 saturated carbocycles. The molecule has 0 fully saturated rings. The third-order valence-corrected chi connectivity index (χ3v) is 3.91. The van der Waals surface area contributed by atoms with Crippen LogP contribution in [0.3, 0.4) is 0 Å². The highest BCUT2D eigenvalue weighted by molar-refractivity contribution is 5.94. The first-order chi connectivity index (χ1) is 12.9. The van der Waals surface area contributed by atoms with E-state index in [2.05, 4.69) is 5.32 Å². The van der Waals surface area contributed by atoms with Crippen LogP contribution in [-0.2, 0) is 16.0 Å². The van der Waals surface area contributed by atoms with E-state index in [0.717, 1.165) is 17.4 Å². The fourth-order valence-electron chi connectivity index (χ4n) is 2.38. The smallest absolute Gasteiger partial charge is 0.342 e. The topological polar surface area (TPSA) is 73.9 Å². The zero-order chi connectivity index (χ0) is 19.8. The van der Waals surface area contributed by atoms with Crippen LogP contribution in [0.4, 0.5) is 4.39 Å². The van der Waals surface area contributed by atoms with Crippen LogP contribution in [0.25, 0.3) is 0 Å². The average Bonchev–Trinajstić information content (AvgIpc) is 2.68. The van der Waals surface area contributed by atoms with Crippen molar-refractivity contribution < 1.29 is 28.2 Å². The molecule has 1 N–H and O–H groups in total. The molecule has 7 heteroatoms. The molecule has 0 aromatic heterocycles. The maximum atomic E-state index is 13.4. The van der Waals surface area contributed by atoms with Crippen molar-refractivity contribution in [3.05, 3.63) is 59.4 Å². The number of hydrogen-bond donors (Lipinski definition) is 1. The van der Waals surface area contributed by atoms with E-state index in [-0.39, 0.29) is 11.3 Å². The number of methoxy groups -OCH3 is 2. The number of carbonyl (C=O) groups excluding carboxylic acids is 2. The molecule has 1 atom stereocenters. The SMILES string of the molecule is COc1ccc(CCNC(=O)[C@H](C)OC(=O)c2cc(F)ccc2OC)cc1. The highest BCUT2D eigenvalue weighted by Crippen LogP contribution is 2.20. The summed E-state index contributed by atoms with van der Waals surface area (Å²) in [4.78, 5) is 24.3. The van der Waals surface area contributed by atoms with E-state index in [0.29, 0.717) is 13.0 Å². The van der Waals surface area contributed by atoms with Crippen LogP contribution in [0.2, 0.25) is 0 Å². The monoisotopic (exact) mass is 375 g/mol. The maximum absolute atomic E-state index is 13.4. The van der Waals surface area contributed by atoms with Gasteiger partial charge in [0.05, 0.1) is 14.2 Å². The summed E-state index contributed by atoms with van der Waals surface area (Å²) in [6, 6.07) is 11.0. The molecule has 0 aliphatic rings. The molecular formula is C20H22FNO5. The summed E-state index contributed by atoms with van der Waals surface area (Å²) < 4.78 is 28.6. The average molecular weight is 375 g/mol. The second kappa shape index (κ2) is 9.56. The molecular weight excluding hydrogens is 353 g/mol. The molecule has 0 saturated heterocycles. The van der Waals surface area contributed by atoms with Crippen molar-refractivity contribution >= 4 is 11.9 Å². The van der Waals surface area contributed by atoms with Crippen molar-refractivity contribution in [3.63, 3.8) is 0 Å². The third-order valence-electron chi connectivity index (χ3n) is 3.91. The summed E-state index contributed by atoms with van der Waals surface area (Å²) in [7, 11) is 2.96. The zero-order valence-electron chi connectivity index (χ0n) is 15.5. The van der Waals surface area contributed by atoms with E-state index in [1.807, 2.05) is 24.3 Å². The van der Waals surface area contributed by atoms with Crippen molar-refractivity contribution in [1.29, 1.82) is 0 Å². The molecule has 0 unspecified atom stereocenters. The van der Waals surface area contributed by atoms with Gasteiger partial charge in [-0.1, -0.05) is 12.1 Å². The van der Waals surface area contributed by atoms with Gasteiger partial charge in [-0.2, -0.15) is 0 Å². The summed E-state index contributed by atoms with van der Waals surface area (Å²) >= 11 is 0. The number of rotatable bonds is 8. The predicted molar refractivity (Wildman–Crippen MR) is 97.5 cm³/mol. The van der Waals surface area contributed by atoms with Crippen LogP contribution in [0, 0.1) is 5.82 Å². The molecule has 0 bridgehead atoms. The Balaban J connectivity index is 1.85. The Bertz CT molecular complexity index is 791. The molecule has 2 aromatic rings. The standard InChI is InChI=1S/C20H22FNO5/c1-13(27-20(24)17-12-15(21)6-9-18(17)26-3)19(23)22-11-10-14-4-7-16(25-2)8-5-14/h4-9,12-13H,10-11H2,1-3H3,(H,22,23)/t13-/m0/s1. The van der Waals surface area contributed by atoms with Crippen molar-refractivity contribution in [1.82, 2.24) is 5.32 Å². The summed E-state index contributed by atoms with van der Waals surface area (Å²) in [5, 5.41) is 2.70. The number of carbonyl (C=O) groups is 2. The highest BCUT2D eigenvalue weighted by atomic mass is 19.1. The second-order valence-electron chi connectivity index (χ2n) is 5.78. The van der Waals surface area contributed by atoms with Gasteiger partial charge in [0.1, 0.15) is 22.9 Å². The van der Waals surface area contributed by atoms with Crippen molar-refractivity contribution in [3.8, 4) is 11.5 Å². The van der Waals surface area contributed by atoms with Gasteiger partial charge in [0, 0.05) is 6.54 Å². The fraction of sp³-hybridized carbons (Fsp3) is 0.300.